The largest absolute Gasteiger partial charge is 0.376 e. The lowest BCUT2D eigenvalue weighted by atomic mass is 10.0. The second-order valence-electron chi connectivity index (χ2n) is 7.88. The molecule has 1 aromatic rings. The molecule has 3 atom stereocenters. The van der Waals surface area contributed by atoms with Gasteiger partial charge in [0.2, 0.25) is 11.8 Å². The van der Waals surface area contributed by atoms with E-state index in [9.17, 15) is 9.59 Å². The van der Waals surface area contributed by atoms with Crippen LogP contribution in [0.2, 0.25) is 0 Å². The van der Waals surface area contributed by atoms with Crippen molar-refractivity contribution in [2.45, 2.75) is 44.8 Å². The molecule has 27 heavy (non-hydrogen) atoms. The highest BCUT2D eigenvalue weighted by Crippen LogP contribution is 2.30. The highest BCUT2D eigenvalue weighted by atomic mass is 32.2. The zero-order valence-corrected chi connectivity index (χ0v) is 16.7. The van der Waals surface area contributed by atoms with Gasteiger partial charge in [-0.1, -0.05) is 17.7 Å². The molecule has 3 unspecified atom stereocenters. The van der Waals surface area contributed by atoms with E-state index in [0.717, 1.165) is 43.1 Å². The third-order valence-corrected chi connectivity index (χ3v) is 7.02. The maximum Gasteiger partial charge on any atom is 0.228 e. The van der Waals surface area contributed by atoms with Gasteiger partial charge >= 0.3 is 0 Å². The molecule has 0 radical (unpaired) electrons. The van der Waals surface area contributed by atoms with E-state index in [4.69, 9.17) is 4.74 Å². The summed E-state index contributed by atoms with van der Waals surface area (Å²) in [6.45, 7) is 4.00. The van der Waals surface area contributed by atoms with Crippen LogP contribution in [0.3, 0.4) is 0 Å². The molecule has 5 nitrogen and oxygen atoms in total. The van der Waals surface area contributed by atoms with Gasteiger partial charge in [0.05, 0.1) is 12.0 Å². The normalized spacial score (nSPS) is 28.1. The molecule has 3 aliphatic rings. The van der Waals surface area contributed by atoms with E-state index in [-0.39, 0.29) is 29.9 Å². The van der Waals surface area contributed by atoms with Crippen LogP contribution in [0.1, 0.15) is 31.2 Å². The molecule has 6 heteroatoms. The van der Waals surface area contributed by atoms with Gasteiger partial charge < -0.3 is 14.5 Å². The van der Waals surface area contributed by atoms with Gasteiger partial charge in [0.15, 0.2) is 0 Å². The van der Waals surface area contributed by atoms with Gasteiger partial charge in [-0.2, -0.15) is 11.8 Å². The van der Waals surface area contributed by atoms with Gasteiger partial charge in [-0.3, -0.25) is 9.59 Å². The molecule has 146 valence electrons. The van der Waals surface area contributed by atoms with Crippen molar-refractivity contribution >= 4 is 29.3 Å². The van der Waals surface area contributed by atoms with Crippen molar-refractivity contribution in [3.63, 3.8) is 0 Å². The SMILES string of the molecule is Cc1ccc(N2CC(C(=O)N(CC3CCCO3)C3CCSC3)CC2=O)cc1. The van der Waals surface area contributed by atoms with E-state index in [1.807, 2.05) is 47.9 Å². The van der Waals surface area contributed by atoms with E-state index in [2.05, 4.69) is 0 Å². The van der Waals surface area contributed by atoms with Crippen LogP contribution in [0, 0.1) is 12.8 Å². The monoisotopic (exact) mass is 388 g/mol. The van der Waals surface area contributed by atoms with Crippen molar-refractivity contribution in [1.82, 2.24) is 4.90 Å². The van der Waals surface area contributed by atoms with Crippen molar-refractivity contribution in [2.24, 2.45) is 5.92 Å². The van der Waals surface area contributed by atoms with Gasteiger partial charge in [0.25, 0.3) is 0 Å². The molecule has 3 aliphatic heterocycles. The summed E-state index contributed by atoms with van der Waals surface area (Å²) in [6, 6.07) is 8.25. The molecule has 1 aromatic carbocycles. The Morgan fingerprint density at radius 1 is 1.30 bits per heavy atom. The summed E-state index contributed by atoms with van der Waals surface area (Å²) in [6.07, 6.45) is 3.63. The maximum absolute atomic E-state index is 13.4. The number of aryl methyl sites for hydroxylation is 1. The Hall–Kier alpha value is -1.53. The standard InChI is InChI=1S/C21H28N2O3S/c1-15-4-6-17(7-5-15)22-12-16(11-20(22)24)21(25)23(18-8-10-27-14-18)13-19-3-2-9-26-19/h4-7,16,18-19H,2-3,8-14H2,1H3. The van der Waals surface area contributed by atoms with Crippen LogP contribution in [-0.2, 0) is 14.3 Å². The Kier molecular flexibility index (Phi) is 5.74. The lowest BCUT2D eigenvalue weighted by Crippen LogP contribution is -2.47. The number of thioether (sulfide) groups is 1. The van der Waals surface area contributed by atoms with Crippen LogP contribution in [0.15, 0.2) is 24.3 Å². The summed E-state index contributed by atoms with van der Waals surface area (Å²) >= 11 is 1.92. The van der Waals surface area contributed by atoms with E-state index < -0.39 is 0 Å². The number of rotatable bonds is 5. The first-order valence-electron chi connectivity index (χ1n) is 9.98. The van der Waals surface area contributed by atoms with Crippen LogP contribution in [0.5, 0.6) is 0 Å². The zero-order valence-electron chi connectivity index (χ0n) is 15.9. The van der Waals surface area contributed by atoms with E-state index in [0.29, 0.717) is 19.5 Å². The van der Waals surface area contributed by atoms with E-state index >= 15 is 0 Å². The lowest BCUT2D eigenvalue weighted by molar-refractivity contribution is -0.139. The van der Waals surface area contributed by atoms with E-state index in [1.54, 1.807) is 4.90 Å². The third kappa shape index (κ3) is 4.16. The third-order valence-electron chi connectivity index (χ3n) is 5.87. The highest BCUT2D eigenvalue weighted by molar-refractivity contribution is 7.99. The van der Waals surface area contributed by atoms with Gasteiger partial charge in [-0.15, -0.1) is 0 Å². The Labute approximate surface area is 165 Å². The maximum atomic E-state index is 13.4. The minimum atomic E-state index is -0.245. The Bertz CT molecular complexity index is 681. The summed E-state index contributed by atoms with van der Waals surface area (Å²) < 4.78 is 5.80. The van der Waals surface area contributed by atoms with Crippen molar-refractivity contribution < 1.29 is 14.3 Å². The molecule has 3 heterocycles. The second-order valence-corrected chi connectivity index (χ2v) is 9.03. The fourth-order valence-electron chi connectivity index (χ4n) is 4.28. The smallest absolute Gasteiger partial charge is 0.228 e. The Balaban J connectivity index is 1.47. The quantitative estimate of drug-likeness (QED) is 0.778. The van der Waals surface area contributed by atoms with E-state index in [1.165, 1.54) is 5.56 Å². The number of ether oxygens (including phenoxy) is 1. The van der Waals surface area contributed by atoms with Crippen LogP contribution in [-0.4, -0.2) is 60.1 Å². The van der Waals surface area contributed by atoms with Gasteiger partial charge in [-0.25, -0.2) is 0 Å². The van der Waals surface area contributed by atoms with Crippen molar-refractivity contribution in [1.29, 1.82) is 0 Å². The second kappa shape index (κ2) is 8.23. The molecule has 0 N–H and O–H groups in total. The first-order chi connectivity index (χ1) is 13.1. The number of hydrogen-bond acceptors (Lipinski definition) is 4. The predicted molar refractivity (Wildman–Crippen MR) is 108 cm³/mol. The summed E-state index contributed by atoms with van der Waals surface area (Å²) in [7, 11) is 0. The summed E-state index contributed by atoms with van der Waals surface area (Å²) in [5.41, 5.74) is 2.06. The molecule has 4 rings (SSSR count). The molecule has 0 bridgehead atoms. The van der Waals surface area contributed by atoms with Gasteiger partial charge in [-0.05, 0) is 44.1 Å². The molecule has 0 aliphatic carbocycles. The number of amides is 2. The van der Waals surface area contributed by atoms with Crippen LogP contribution >= 0.6 is 11.8 Å². The molecule has 0 spiro atoms. The van der Waals surface area contributed by atoms with Crippen LogP contribution in [0.4, 0.5) is 5.69 Å². The predicted octanol–water partition coefficient (Wildman–Crippen LogP) is 2.86. The average Bonchev–Trinajstić information content (AvgIpc) is 3.42. The first-order valence-corrected chi connectivity index (χ1v) is 11.1. The van der Waals surface area contributed by atoms with Crippen LogP contribution in [0.25, 0.3) is 0 Å². The number of hydrogen-bond donors (Lipinski definition) is 0. The minimum Gasteiger partial charge on any atom is -0.376 e. The first kappa shape index (κ1) is 18.8. The molecular weight excluding hydrogens is 360 g/mol. The van der Waals surface area contributed by atoms with Crippen molar-refractivity contribution in [3.05, 3.63) is 29.8 Å². The van der Waals surface area contributed by atoms with Gasteiger partial charge in [0.1, 0.15) is 0 Å². The molecule has 3 saturated heterocycles. The highest BCUT2D eigenvalue weighted by Gasteiger charge is 2.40. The molecule has 0 saturated carbocycles. The average molecular weight is 389 g/mol. The summed E-state index contributed by atoms with van der Waals surface area (Å²) in [5, 5.41) is 0. The molecule has 2 amide bonds. The topological polar surface area (TPSA) is 49.9 Å². The molecule has 3 fully saturated rings. The van der Waals surface area contributed by atoms with Gasteiger partial charge in [0, 0.05) is 43.6 Å². The Morgan fingerprint density at radius 3 is 2.78 bits per heavy atom. The van der Waals surface area contributed by atoms with Crippen molar-refractivity contribution in [2.75, 3.05) is 36.1 Å². The summed E-state index contributed by atoms with van der Waals surface area (Å²) in [4.78, 5) is 29.8. The number of carbonyl (C=O) groups excluding carboxylic acids is 2. The number of carbonyl (C=O) groups is 2. The van der Waals surface area contributed by atoms with Crippen molar-refractivity contribution in [3.8, 4) is 0 Å². The number of nitrogens with zero attached hydrogens (tertiary/aromatic N) is 2. The summed E-state index contributed by atoms with van der Waals surface area (Å²) in [5.74, 6) is 2.06. The molecular formula is C21H28N2O3S. The fraction of sp³-hybridized carbons (Fsp3) is 0.619. The lowest BCUT2D eigenvalue weighted by Gasteiger charge is -2.32. The number of anilines is 1. The van der Waals surface area contributed by atoms with Crippen LogP contribution < -0.4 is 4.90 Å². The fourth-order valence-corrected chi connectivity index (χ4v) is 5.50. The molecule has 0 aromatic heterocycles. The Morgan fingerprint density at radius 2 is 2.11 bits per heavy atom. The zero-order chi connectivity index (χ0) is 18.8. The minimum absolute atomic E-state index is 0.0510. The number of benzene rings is 1.